The van der Waals surface area contributed by atoms with Gasteiger partial charge in [0.25, 0.3) is 0 Å². The third-order valence-corrected chi connectivity index (χ3v) is 5.40. The second kappa shape index (κ2) is 10.1. The summed E-state index contributed by atoms with van der Waals surface area (Å²) in [5, 5.41) is 0. The molecular formula is C18H27BF3KN2O2S. The number of benzene rings is 1. The van der Waals surface area contributed by atoms with Crippen LogP contribution in [0.3, 0.4) is 0 Å². The second-order valence-electron chi connectivity index (χ2n) is 8.04. The molecule has 152 valence electrons. The van der Waals surface area contributed by atoms with Gasteiger partial charge in [-0.05, 0) is 45.7 Å². The SMILES string of the molecule is Cc1c(CN2CCN(C(=O)OC(C)(C)C)CC2)cc([B-](F)(F)F)c(C)c1S.[K+]. The van der Waals surface area contributed by atoms with Crippen molar-refractivity contribution in [2.45, 2.75) is 51.7 Å². The maximum Gasteiger partial charge on any atom is 1.00 e. The summed E-state index contributed by atoms with van der Waals surface area (Å²) in [6, 6.07) is 1.25. The van der Waals surface area contributed by atoms with E-state index in [-0.39, 0.29) is 63.0 Å². The Labute approximate surface area is 213 Å². The van der Waals surface area contributed by atoms with Gasteiger partial charge in [-0.3, -0.25) is 4.90 Å². The van der Waals surface area contributed by atoms with E-state index in [9.17, 15) is 17.7 Å². The van der Waals surface area contributed by atoms with Crippen LogP contribution in [0.4, 0.5) is 17.7 Å². The van der Waals surface area contributed by atoms with Gasteiger partial charge in [-0.1, -0.05) is 11.6 Å². The molecule has 0 bridgehead atoms. The van der Waals surface area contributed by atoms with E-state index in [0.717, 1.165) is 5.56 Å². The van der Waals surface area contributed by atoms with E-state index in [2.05, 4.69) is 17.5 Å². The predicted molar refractivity (Wildman–Crippen MR) is 105 cm³/mol. The van der Waals surface area contributed by atoms with E-state index in [4.69, 9.17) is 4.74 Å². The van der Waals surface area contributed by atoms with Crippen LogP contribution in [0.25, 0.3) is 0 Å². The maximum absolute atomic E-state index is 13.4. The molecule has 0 saturated carbocycles. The zero-order chi connectivity index (χ0) is 20.6. The van der Waals surface area contributed by atoms with Crippen LogP contribution in [-0.2, 0) is 11.3 Å². The third kappa shape index (κ3) is 6.92. The number of carbonyl (C=O) groups excluding carboxylic acids is 1. The predicted octanol–water partition coefficient (Wildman–Crippen LogP) is 0.703. The van der Waals surface area contributed by atoms with Crippen molar-refractivity contribution >= 4 is 31.2 Å². The fourth-order valence-corrected chi connectivity index (χ4v) is 3.41. The van der Waals surface area contributed by atoms with Gasteiger partial charge in [-0.25, -0.2) is 4.79 Å². The van der Waals surface area contributed by atoms with Gasteiger partial charge in [-0.2, -0.15) is 0 Å². The Morgan fingerprint density at radius 1 is 1.14 bits per heavy atom. The molecule has 1 heterocycles. The van der Waals surface area contributed by atoms with E-state index in [1.54, 1.807) is 11.8 Å². The Morgan fingerprint density at radius 3 is 2.14 bits per heavy atom. The molecule has 28 heavy (non-hydrogen) atoms. The third-order valence-electron chi connectivity index (χ3n) is 4.73. The molecule has 2 rings (SSSR count). The van der Waals surface area contributed by atoms with Crippen molar-refractivity contribution < 1.29 is 73.9 Å². The monoisotopic (exact) mass is 442 g/mol. The van der Waals surface area contributed by atoms with E-state index in [0.29, 0.717) is 43.2 Å². The van der Waals surface area contributed by atoms with Crippen LogP contribution in [0.1, 0.15) is 37.5 Å². The number of hydrogen-bond donors (Lipinski definition) is 1. The number of piperazine rings is 1. The molecule has 0 radical (unpaired) electrons. The van der Waals surface area contributed by atoms with Gasteiger partial charge in [0.15, 0.2) is 0 Å². The maximum atomic E-state index is 13.4. The van der Waals surface area contributed by atoms with Crippen LogP contribution in [0.2, 0.25) is 0 Å². The largest absolute Gasteiger partial charge is 1.00 e. The number of halogens is 3. The molecule has 0 aliphatic carbocycles. The van der Waals surface area contributed by atoms with Gasteiger partial charge in [0.05, 0.1) is 0 Å². The molecule has 4 nitrogen and oxygen atoms in total. The van der Waals surface area contributed by atoms with Crippen LogP contribution in [-0.4, -0.2) is 54.7 Å². The number of rotatable bonds is 3. The molecule has 0 atom stereocenters. The van der Waals surface area contributed by atoms with E-state index in [1.165, 1.54) is 13.0 Å². The Hall–Kier alpha value is 0.291. The van der Waals surface area contributed by atoms with E-state index < -0.39 is 18.0 Å². The molecule has 1 amide bonds. The van der Waals surface area contributed by atoms with Gasteiger partial charge in [0.2, 0.25) is 0 Å². The summed E-state index contributed by atoms with van der Waals surface area (Å²) in [7, 11) is 0. The van der Waals surface area contributed by atoms with Gasteiger partial charge >= 0.3 is 64.5 Å². The van der Waals surface area contributed by atoms with Gasteiger partial charge < -0.3 is 22.6 Å². The number of thiol groups is 1. The molecule has 1 saturated heterocycles. The molecular weight excluding hydrogens is 415 g/mol. The molecule has 0 unspecified atom stereocenters. The Kier molecular flexibility index (Phi) is 9.46. The van der Waals surface area contributed by atoms with Gasteiger partial charge in [-0.15, -0.1) is 18.1 Å². The summed E-state index contributed by atoms with van der Waals surface area (Å²) < 4.78 is 45.4. The average Bonchev–Trinajstić information content (AvgIpc) is 2.53. The first-order valence-corrected chi connectivity index (χ1v) is 9.46. The fourth-order valence-electron chi connectivity index (χ4n) is 3.13. The number of ether oxygens (including phenoxy) is 1. The van der Waals surface area contributed by atoms with Crippen LogP contribution < -0.4 is 56.8 Å². The van der Waals surface area contributed by atoms with Crippen molar-refractivity contribution in [2.75, 3.05) is 26.2 Å². The first-order chi connectivity index (χ1) is 12.3. The molecule has 1 aliphatic heterocycles. The summed E-state index contributed by atoms with van der Waals surface area (Å²) in [5.74, 6) is 0. The molecule has 0 spiro atoms. The number of carbonyl (C=O) groups is 1. The number of nitrogens with zero attached hydrogens (tertiary/aromatic N) is 2. The minimum Gasteiger partial charge on any atom is -0.445 e. The first kappa shape index (κ1) is 26.3. The molecule has 1 aromatic carbocycles. The summed E-state index contributed by atoms with van der Waals surface area (Å²) in [5.41, 5.74) is 0.459. The van der Waals surface area contributed by atoms with Crippen molar-refractivity contribution in [3.8, 4) is 0 Å². The Balaban J connectivity index is 0.00000392. The van der Waals surface area contributed by atoms with Crippen molar-refractivity contribution in [2.24, 2.45) is 0 Å². The average molecular weight is 442 g/mol. The van der Waals surface area contributed by atoms with Crippen LogP contribution in [0.5, 0.6) is 0 Å². The van der Waals surface area contributed by atoms with Crippen molar-refractivity contribution in [3.63, 3.8) is 0 Å². The molecule has 10 heteroatoms. The van der Waals surface area contributed by atoms with Crippen LogP contribution in [0, 0.1) is 13.8 Å². The summed E-state index contributed by atoms with van der Waals surface area (Å²) >= 11 is 4.30. The minimum absolute atomic E-state index is 0. The normalized spacial score (nSPS) is 16.0. The fraction of sp³-hybridized carbons (Fsp3) is 0.611. The van der Waals surface area contributed by atoms with E-state index >= 15 is 0 Å². The summed E-state index contributed by atoms with van der Waals surface area (Å²) in [4.78, 5) is 16.2. The Morgan fingerprint density at radius 2 is 1.68 bits per heavy atom. The molecule has 1 fully saturated rings. The summed E-state index contributed by atoms with van der Waals surface area (Å²) in [6.07, 6.45) is -0.353. The smallest absolute Gasteiger partial charge is 0.445 e. The number of amides is 1. The zero-order valence-electron chi connectivity index (χ0n) is 17.5. The van der Waals surface area contributed by atoms with Crippen molar-refractivity contribution in [1.82, 2.24) is 9.80 Å². The molecule has 1 aromatic rings. The molecule has 0 N–H and O–H groups in total. The zero-order valence-corrected chi connectivity index (χ0v) is 21.5. The molecule has 0 aromatic heterocycles. The first-order valence-electron chi connectivity index (χ1n) is 9.01. The van der Waals surface area contributed by atoms with Crippen LogP contribution in [0.15, 0.2) is 11.0 Å². The van der Waals surface area contributed by atoms with Crippen molar-refractivity contribution in [1.29, 1.82) is 0 Å². The number of hydrogen-bond acceptors (Lipinski definition) is 4. The van der Waals surface area contributed by atoms with E-state index in [1.807, 2.05) is 20.8 Å². The Bertz CT molecular complexity index is 718. The second-order valence-corrected chi connectivity index (χ2v) is 8.49. The standard InChI is InChI=1S/C18H27BF3N2O2S.K/c1-12-14(10-15(19(20,21)22)13(2)16(12)27)11-23-6-8-24(9-7-23)17(25)26-18(3,4)5;/h10,27H,6-9,11H2,1-5H3;/q-1;+1. The quantitative estimate of drug-likeness (QED) is 0.553. The minimum atomic E-state index is -5.08. The van der Waals surface area contributed by atoms with Crippen LogP contribution >= 0.6 is 12.6 Å². The van der Waals surface area contributed by atoms with Crippen molar-refractivity contribution in [3.05, 3.63) is 22.8 Å². The summed E-state index contributed by atoms with van der Waals surface area (Å²) in [6.45, 7) is 6.18. The topological polar surface area (TPSA) is 32.8 Å². The van der Waals surface area contributed by atoms with Gasteiger partial charge in [0.1, 0.15) is 5.60 Å². The van der Waals surface area contributed by atoms with Gasteiger partial charge in [0, 0.05) is 37.6 Å². The molecule has 1 aliphatic rings.